The number of likely N-dealkylation sites (tertiary alicyclic amines) is 1. The van der Waals surface area contributed by atoms with E-state index in [1.54, 1.807) is 32.9 Å². The highest BCUT2D eigenvalue weighted by Crippen LogP contribution is 2.29. The summed E-state index contributed by atoms with van der Waals surface area (Å²) in [5.41, 5.74) is 0.476. The van der Waals surface area contributed by atoms with Crippen molar-refractivity contribution in [2.75, 3.05) is 33.4 Å². The largest absolute Gasteiger partial charge is 0.481 e. The molecular formula is C22H31FN4O5. The minimum Gasteiger partial charge on any atom is -0.481 e. The summed E-state index contributed by atoms with van der Waals surface area (Å²) in [7, 11) is 1.47. The summed E-state index contributed by atoms with van der Waals surface area (Å²) >= 11 is 0. The van der Waals surface area contributed by atoms with Crippen molar-refractivity contribution in [1.82, 2.24) is 20.2 Å². The minimum atomic E-state index is -0.826. The first-order valence-electron chi connectivity index (χ1n) is 10.6. The third-order valence-corrected chi connectivity index (χ3v) is 5.36. The van der Waals surface area contributed by atoms with Crippen LogP contribution in [-0.4, -0.2) is 82.3 Å². The molecule has 9 nitrogen and oxygen atoms in total. The molecule has 0 aliphatic carbocycles. The lowest BCUT2D eigenvalue weighted by atomic mass is 9.95. The normalized spacial score (nSPS) is 20.7. The van der Waals surface area contributed by atoms with Crippen LogP contribution in [0.4, 0.5) is 9.18 Å². The van der Waals surface area contributed by atoms with Crippen molar-refractivity contribution in [3.05, 3.63) is 29.7 Å². The van der Waals surface area contributed by atoms with Gasteiger partial charge in [-0.05, 0) is 33.3 Å². The van der Waals surface area contributed by atoms with Gasteiger partial charge in [-0.2, -0.15) is 0 Å². The molecule has 32 heavy (non-hydrogen) atoms. The average molecular weight is 451 g/mol. The zero-order valence-corrected chi connectivity index (χ0v) is 18.8. The number of aliphatic hydroxyl groups excluding tert-OH is 2. The molecule has 3 atom stereocenters. The molecule has 3 rings (SSSR count). The number of hydrogen-bond acceptors (Lipinski definition) is 8. The van der Waals surface area contributed by atoms with E-state index in [-0.39, 0.29) is 18.7 Å². The third-order valence-electron chi connectivity index (χ3n) is 5.36. The van der Waals surface area contributed by atoms with Crippen molar-refractivity contribution in [3.8, 4) is 5.88 Å². The summed E-state index contributed by atoms with van der Waals surface area (Å²) in [6, 6.07) is 2.89. The zero-order chi connectivity index (χ0) is 23.5. The molecule has 1 saturated heterocycles. The minimum absolute atomic E-state index is 0.262. The van der Waals surface area contributed by atoms with Gasteiger partial charge in [0.1, 0.15) is 11.4 Å². The van der Waals surface area contributed by atoms with Gasteiger partial charge in [0.05, 0.1) is 43.1 Å². The van der Waals surface area contributed by atoms with E-state index in [1.807, 2.05) is 4.90 Å². The number of amides is 1. The predicted octanol–water partition coefficient (Wildman–Crippen LogP) is 1.81. The second-order valence-corrected chi connectivity index (χ2v) is 8.99. The van der Waals surface area contributed by atoms with Crippen molar-refractivity contribution in [3.63, 3.8) is 0 Å². The number of β-amino-alcohol motifs (C(OH)–C–C–N with tert-alkyl or cyclic N) is 1. The number of aromatic nitrogens is 2. The van der Waals surface area contributed by atoms with Gasteiger partial charge in [-0.25, -0.2) is 14.2 Å². The maximum atomic E-state index is 14.8. The molecule has 3 heterocycles. The van der Waals surface area contributed by atoms with E-state index in [0.717, 1.165) is 6.20 Å². The van der Waals surface area contributed by atoms with Crippen LogP contribution in [0, 0.1) is 5.82 Å². The number of fused-ring (bicyclic) bond motifs is 1. The molecule has 10 heteroatoms. The predicted molar refractivity (Wildman–Crippen MR) is 116 cm³/mol. The standard InChI is InChI=1S/C22H31FN4O5/c1-22(2,3)32-21(30)25-15-7-8-27(11-17(15)29)10-13(12-28)19-14(23)9-24-16-5-6-18(31-4)26-20(16)19/h5-6,9,13,15,17,28-29H,7-8,10-12H2,1-4H3,(H,25,30)/t13?,15-,17+/m0/s1. The molecule has 0 spiro atoms. The third kappa shape index (κ3) is 5.81. The second kappa shape index (κ2) is 9.93. The van der Waals surface area contributed by atoms with Gasteiger partial charge in [0.2, 0.25) is 5.88 Å². The summed E-state index contributed by atoms with van der Waals surface area (Å²) in [6.45, 7) is 6.13. The Bertz CT molecular complexity index is 952. The van der Waals surface area contributed by atoms with E-state index in [9.17, 15) is 19.4 Å². The highest BCUT2D eigenvalue weighted by atomic mass is 19.1. The number of rotatable bonds is 6. The van der Waals surface area contributed by atoms with E-state index < -0.39 is 35.6 Å². The lowest BCUT2D eigenvalue weighted by Gasteiger charge is -2.37. The van der Waals surface area contributed by atoms with Gasteiger partial charge in [-0.1, -0.05) is 0 Å². The number of halogens is 1. The number of piperidine rings is 1. The number of hydrogen-bond donors (Lipinski definition) is 3. The van der Waals surface area contributed by atoms with Gasteiger partial charge in [0, 0.05) is 37.2 Å². The molecular weight excluding hydrogens is 419 g/mol. The molecule has 0 bridgehead atoms. The number of nitrogens with zero attached hydrogens (tertiary/aromatic N) is 3. The quantitative estimate of drug-likeness (QED) is 0.610. The topological polar surface area (TPSA) is 117 Å². The SMILES string of the molecule is COc1ccc2ncc(F)c(C(CO)CN3CC[C@H](NC(=O)OC(C)(C)C)[C@H](O)C3)c2n1. The Labute approximate surface area is 186 Å². The highest BCUT2D eigenvalue weighted by Gasteiger charge is 2.32. The van der Waals surface area contributed by atoms with Gasteiger partial charge in [0.25, 0.3) is 0 Å². The summed E-state index contributed by atoms with van der Waals surface area (Å²) < 4.78 is 25.2. The molecule has 1 amide bonds. The maximum Gasteiger partial charge on any atom is 0.407 e. The molecule has 0 saturated carbocycles. The maximum absolute atomic E-state index is 14.8. The van der Waals surface area contributed by atoms with E-state index >= 15 is 0 Å². The number of aliphatic hydroxyl groups is 2. The van der Waals surface area contributed by atoms with Crippen molar-refractivity contribution >= 4 is 17.1 Å². The number of carbonyl (C=O) groups excluding carboxylic acids is 1. The van der Waals surface area contributed by atoms with Crippen LogP contribution < -0.4 is 10.1 Å². The Balaban J connectivity index is 1.71. The monoisotopic (exact) mass is 450 g/mol. The molecule has 2 aromatic rings. The fraction of sp³-hybridized carbons (Fsp3) is 0.591. The zero-order valence-electron chi connectivity index (χ0n) is 18.8. The number of methoxy groups -OCH3 is 1. The Kier molecular flexibility index (Phi) is 7.47. The fourth-order valence-electron chi connectivity index (χ4n) is 3.89. The molecule has 1 fully saturated rings. The lowest BCUT2D eigenvalue weighted by Crippen LogP contribution is -2.55. The Morgan fingerprint density at radius 3 is 2.78 bits per heavy atom. The Hall–Kier alpha value is -2.56. The van der Waals surface area contributed by atoms with Crippen molar-refractivity contribution in [2.45, 2.75) is 50.9 Å². The molecule has 1 aliphatic heterocycles. The van der Waals surface area contributed by atoms with E-state index in [2.05, 4.69) is 15.3 Å². The first-order chi connectivity index (χ1) is 15.1. The van der Waals surface area contributed by atoms with E-state index in [1.165, 1.54) is 7.11 Å². The lowest BCUT2D eigenvalue weighted by molar-refractivity contribution is 0.0174. The first kappa shape index (κ1) is 24.1. The van der Waals surface area contributed by atoms with E-state index in [0.29, 0.717) is 36.4 Å². The van der Waals surface area contributed by atoms with Crippen molar-refractivity contribution in [1.29, 1.82) is 0 Å². The summed E-state index contributed by atoms with van der Waals surface area (Å²) in [6.07, 6.45) is 0.214. The van der Waals surface area contributed by atoms with Gasteiger partial charge >= 0.3 is 6.09 Å². The number of alkyl carbamates (subject to hydrolysis) is 1. The number of pyridine rings is 2. The molecule has 1 unspecified atom stereocenters. The summed E-state index contributed by atoms with van der Waals surface area (Å²) in [5, 5.41) is 23.3. The van der Waals surface area contributed by atoms with Gasteiger partial charge < -0.3 is 25.0 Å². The van der Waals surface area contributed by atoms with Crippen LogP contribution in [0.2, 0.25) is 0 Å². The second-order valence-electron chi connectivity index (χ2n) is 8.99. The average Bonchev–Trinajstić information content (AvgIpc) is 2.72. The number of nitrogens with one attached hydrogen (secondary N) is 1. The molecule has 1 aliphatic rings. The Morgan fingerprint density at radius 1 is 1.41 bits per heavy atom. The van der Waals surface area contributed by atoms with Crippen LogP contribution >= 0.6 is 0 Å². The highest BCUT2D eigenvalue weighted by molar-refractivity contribution is 5.79. The van der Waals surface area contributed by atoms with Crippen LogP contribution in [-0.2, 0) is 4.74 Å². The summed E-state index contributed by atoms with van der Waals surface area (Å²) in [5.74, 6) is -0.811. The van der Waals surface area contributed by atoms with Crippen LogP contribution in [0.1, 0.15) is 38.7 Å². The molecule has 0 radical (unpaired) electrons. The van der Waals surface area contributed by atoms with Crippen LogP contribution in [0.5, 0.6) is 5.88 Å². The first-order valence-corrected chi connectivity index (χ1v) is 10.6. The van der Waals surface area contributed by atoms with Crippen molar-refractivity contribution in [2.24, 2.45) is 0 Å². The van der Waals surface area contributed by atoms with Crippen LogP contribution in [0.15, 0.2) is 18.3 Å². The van der Waals surface area contributed by atoms with Gasteiger partial charge in [-0.15, -0.1) is 0 Å². The van der Waals surface area contributed by atoms with E-state index in [4.69, 9.17) is 9.47 Å². The molecule has 176 valence electrons. The summed E-state index contributed by atoms with van der Waals surface area (Å²) in [4.78, 5) is 22.4. The Morgan fingerprint density at radius 2 is 2.16 bits per heavy atom. The van der Waals surface area contributed by atoms with Gasteiger partial charge in [0.15, 0.2) is 0 Å². The number of ether oxygens (including phenoxy) is 2. The molecule has 0 aromatic carbocycles. The molecule has 2 aromatic heterocycles. The number of carbonyl (C=O) groups is 1. The smallest absolute Gasteiger partial charge is 0.407 e. The van der Waals surface area contributed by atoms with Crippen molar-refractivity contribution < 1.29 is 28.9 Å². The van der Waals surface area contributed by atoms with Crippen LogP contribution in [0.25, 0.3) is 11.0 Å². The van der Waals surface area contributed by atoms with Crippen LogP contribution in [0.3, 0.4) is 0 Å². The van der Waals surface area contributed by atoms with Gasteiger partial charge in [-0.3, -0.25) is 9.88 Å². The fourth-order valence-corrected chi connectivity index (χ4v) is 3.89. The molecule has 3 N–H and O–H groups in total.